The standard InChI is InChI=1S/C7H11NS2/c1-8-5-3-2-4-6(5)10-7(8)9/h5-6H,2-4H2,1H3. The van der Waals surface area contributed by atoms with Crippen LogP contribution in [0.4, 0.5) is 0 Å². The molecule has 0 aromatic heterocycles. The summed E-state index contributed by atoms with van der Waals surface area (Å²) >= 11 is 7.09. The second kappa shape index (κ2) is 2.38. The summed E-state index contributed by atoms with van der Waals surface area (Å²) in [6.07, 6.45) is 4.13. The van der Waals surface area contributed by atoms with Gasteiger partial charge in [0.25, 0.3) is 0 Å². The van der Waals surface area contributed by atoms with Crippen molar-refractivity contribution in [2.45, 2.75) is 30.6 Å². The Morgan fingerprint density at radius 1 is 1.60 bits per heavy atom. The first-order chi connectivity index (χ1) is 4.79. The van der Waals surface area contributed by atoms with Crippen LogP contribution in [-0.4, -0.2) is 27.6 Å². The van der Waals surface area contributed by atoms with Crippen molar-refractivity contribution in [2.24, 2.45) is 0 Å². The fourth-order valence-electron chi connectivity index (χ4n) is 1.83. The third-order valence-corrected chi connectivity index (χ3v) is 4.37. The molecule has 2 atom stereocenters. The van der Waals surface area contributed by atoms with Crippen LogP contribution < -0.4 is 0 Å². The van der Waals surface area contributed by atoms with E-state index in [9.17, 15) is 0 Å². The smallest absolute Gasteiger partial charge is 0.136 e. The van der Waals surface area contributed by atoms with Crippen molar-refractivity contribution >= 4 is 28.3 Å². The van der Waals surface area contributed by atoms with Gasteiger partial charge in [-0.25, -0.2) is 0 Å². The second-order valence-corrected chi connectivity index (χ2v) is 4.90. The lowest BCUT2D eigenvalue weighted by Crippen LogP contribution is -2.29. The first-order valence-electron chi connectivity index (χ1n) is 3.72. The van der Waals surface area contributed by atoms with Gasteiger partial charge in [-0.05, 0) is 12.8 Å². The van der Waals surface area contributed by atoms with Crippen molar-refractivity contribution in [2.75, 3.05) is 7.05 Å². The number of nitrogens with zero attached hydrogens (tertiary/aromatic N) is 1. The SMILES string of the molecule is CN1C(=S)SC2CCCC21. The Labute approximate surface area is 71.2 Å². The number of thiocarbonyl (C=S) groups is 1. The van der Waals surface area contributed by atoms with E-state index in [1.165, 1.54) is 19.3 Å². The highest BCUT2D eigenvalue weighted by atomic mass is 32.2. The van der Waals surface area contributed by atoms with Gasteiger partial charge in [0.2, 0.25) is 0 Å². The number of hydrogen-bond acceptors (Lipinski definition) is 2. The molecule has 0 radical (unpaired) electrons. The topological polar surface area (TPSA) is 3.24 Å². The van der Waals surface area contributed by atoms with E-state index in [-0.39, 0.29) is 0 Å². The van der Waals surface area contributed by atoms with E-state index in [4.69, 9.17) is 12.2 Å². The number of rotatable bonds is 0. The van der Waals surface area contributed by atoms with Gasteiger partial charge in [0.15, 0.2) is 0 Å². The van der Waals surface area contributed by atoms with Gasteiger partial charge in [0.05, 0.1) is 0 Å². The van der Waals surface area contributed by atoms with E-state index in [1.54, 1.807) is 0 Å². The van der Waals surface area contributed by atoms with Crippen LogP contribution in [0.2, 0.25) is 0 Å². The van der Waals surface area contributed by atoms with Crippen LogP contribution in [0, 0.1) is 0 Å². The molecule has 2 unspecified atom stereocenters. The summed E-state index contributed by atoms with van der Waals surface area (Å²) in [5.74, 6) is 0. The van der Waals surface area contributed by atoms with E-state index in [0.717, 1.165) is 15.6 Å². The fourth-order valence-corrected chi connectivity index (χ4v) is 3.66. The van der Waals surface area contributed by atoms with Gasteiger partial charge in [-0.2, -0.15) is 0 Å². The van der Waals surface area contributed by atoms with Gasteiger partial charge in [0, 0.05) is 18.3 Å². The molecule has 2 rings (SSSR count). The minimum atomic E-state index is 0.775. The first kappa shape index (κ1) is 6.92. The quantitative estimate of drug-likeness (QED) is 0.515. The average Bonchev–Trinajstić information content (AvgIpc) is 2.41. The first-order valence-corrected chi connectivity index (χ1v) is 5.01. The van der Waals surface area contributed by atoms with Gasteiger partial charge in [-0.1, -0.05) is 30.4 Å². The Hall–Kier alpha value is 0.240. The number of thioether (sulfide) groups is 1. The van der Waals surface area contributed by atoms with Gasteiger partial charge in [-0.15, -0.1) is 0 Å². The van der Waals surface area contributed by atoms with E-state index in [2.05, 4.69) is 11.9 Å². The summed E-state index contributed by atoms with van der Waals surface area (Å²) in [5.41, 5.74) is 0. The molecule has 2 aliphatic rings. The molecule has 1 aliphatic heterocycles. The Bertz CT molecular complexity index is 169. The molecule has 0 aromatic rings. The average molecular weight is 173 g/mol. The zero-order valence-corrected chi connectivity index (χ0v) is 7.67. The minimum Gasteiger partial charge on any atom is -0.356 e. The predicted octanol–water partition coefficient (Wildman–Crippen LogP) is 1.87. The molecule has 0 amide bonds. The molecule has 3 heteroatoms. The molecule has 10 heavy (non-hydrogen) atoms. The molecule has 1 saturated carbocycles. The molecule has 56 valence electrons. The Morgan fingerprint density at radius 3 is 3.10 bits per heavy atom. The second-order valence-electron chi connectivity index (χ2n) is 3.03. The van der Waals surface area contributed by atoms with Crippen molar-refractivity contribution < 1.29 is 0 Å². The molecule has 1 nitrogen and oxygen atoms in total. The predicted molar refractivity (Wildman–Crippen MR) is 49.4 cm³/mol. The largest absolute Gasteiger partial charge is 0.356 e. The molecule has 1 aliphatic carbocycles. The maximum absolute atomic E-state index is 5.18. The molecule has 0 spiro atoms. The van der Waals surface area contributed by atoms with E-state index < -0.39 is 0 Å². The molecule has 1 saturated heterocycles. The zero-order valence-electron chi connectivity index (χ0n) is 6.04. The highest BCUT2D eigenvalue weighted by molar-refractivity contribution is 8.23. The molecule has 0 aromatic carbocycles. The highest BCUT2D eigenvalue weighted by Crippen LogP contribution is 2.40. The van der Waals surface area contributed by atoms with Crippen LogP contribution >= 0.6 is 24.0 Å². The lowest BCUT2D eigenvalue weighted by atomic mass is 10.2. The fraction of sp³-hybridized carbons (Fsp3) is 0.857. The molecule has 0 bridgehead atoms. The Balaban J connectivity index is 2.16. The van der Waals surface area contributed by atoms with E-state index in [1.807, 2.05) is 11.8 Å². The summed E-state index contributed by atoms with van der Waals surface area (Å²) < 4.78 is 1.11. The molecule has 2 fully saturated rings. The van der Waals surface area contributed by atoms with Crippen LogP contribution in [0.1, 0.15) is 19.3 Å². The number of fused-ring (bicyclic) bond motifs is 1. The van der Waals surface area contributed by atoms with Crippen LogP contribution in [-0.2, 0) is 0 Å². The van der Waals surface area contributed by atoms with Crippen molar-refractivity contribution in [1.29, 1.82) is 0 Å². The van der Waals surface area contributed by atoms with Gasteiger partial charge in [-0.3, -0.25) is 0 Å². The maximum atomic E-state index is 5.18. The summed E-state index contributed by atoms with van der Waals surface area (Å²) in [6, 6.07) is 0.775. The van der Waals surface area contributed by atoms with Crippen LogP contribution in [0.3, 0.4) is 0 Å². The van der Waals surface area contributed by atoms with E-state index >= 15 is 0 Å². The molecular formula is C7H11NS2. The Kier molecular flexibility index (Phi) is 1.65. The van der Waals surface area contributed by atoms with Crippen LogP contribution in [0.5, 0.6) is 0 Å². The molecule has 0 N–H and O–H groups in total. The summed E-state index contributed by atoms with van der Waals surface area (Å²) in [4.78, 5) is 2.28. The van der Waals surface area contributed by atoms with Crippen molar-refractivity contribution in [1.82, 2.24) is 4.90 Å². The summed E-state index contributed by atoms with van der Waals surface area (Å²) in [5, 5.41) is 0.831. The summed E-state index contributed by atoms with van der Waals surface area (Å²) in [6.45, 7) is 0. The van der Waals surface area contributed by atoms with Crippen LogP contribution in [0.25, 0.3) is 0 Å². The summed E-state index contributed by atoms with van der Waals surface area (Å²) in [7, 11) is 2.13. The molecule has 1 heterocycles. The Morgan fingerprint density at radius 2 is 2.40 bits per heavy atom. The van der Waals surface area contributed by atoms with Crippen molar-refractivity contribution in [3.05, 3.63) is 0 Å². The van der Waals surface area contributed by atoms with Crippen LogP contribution in [0.15, 0.2) is 0 Å². The number of hydrogen-bond donors (Lipinski definition) is 0. The minimum absolute atomic E-state index is 0.775. The third-order valence-electron chi connectivity index (χ3n) is 2.46. The van der Waals surface area contributed by atoms with E-state index in [0.29, 0.717) is 0 Å². The lowest BCUT2D eigenvalue weighted by Gasteiger charge is -2.17. The maximum Gasteiger partial charge on any atom is 0.136 e. The van der Waals surface area contributed by atoms with Crippen molar-refractivity contribution in [3.8, 4) is 0 Å². The van der Waals surface area contributed by atoms with Gasteiger partial charge in [0.1, 0.15) is 4.32 Å². The van der Waals surface area contributed by atoms with Gasteiger partial charge < -0.3 is 4.90 Å². The normalized spacial score (nSPS) is 38.9. The molecular weight excluding hydrogens is 162 g/mol. The van der Waals surface area contributed by atoms with Crippen molar-refractivity contribution in [3.63, 3.8) is 0 Å². The zero-order chi connectivity index (χ0) is 7.14. The lowest BCUT2D eigenvalue weighted by molar-refractivity contribution is 0.402. The highest BCUT2D eigenvalue weighted by Gasteiger charge is 2.38. The van der Waals surface area contributed by atoms with Gasteiger partial charge >= 0.3 is 0 Å². The third kappa shape index (κ3) is 0.873. The monoisotopic (exact) mass is 173 g/mol.